The first-order chi connectivity index (χ1) is 6.75. The minimum absolute atomic E-state index is 0.678. The van der Waals surface area contributed by atoms with E-state index >= 15 is 0 Å². The van der Waals surface area contributed by atoms with Crippen molar-refractivity contribution in [2.45, 2.75) is 18.9 Å². The lowest BCUT2D eigenvalue weighted by molar-refractivity contribution is -0.346. The van der Waals surface area contributed by atoms with E-state index in [1.54, 1.807) is 0 Å². The van der Waals surface area contributed by atoms with Gasteiger partial charge in [0, 0.05) is 0 Å². The van der Waals surface area contributed by atoms with Gasteiger partial charge in [0.15, 0.2) is 0 Å². The average molecular weight is 266 g/mol. The molecule has 0 amide bonds. The van der Waals surface area contributed by atoms with E-state index in [1.165, 1.54) is 0 Å². The van der Waals surface area contributed by atoms with E-state index in [2.05, 4.69) is 0 Å². The van der Waals surface area contributed by atoms with Gasteiger partial charge < -0.3 is 0 Å². The lowest BCUT2D eigenvalue weighted by Gasteiger charge is -2.25. The molecule has 0 rings (SSSR count). The van der Waals surface area contributed by atoms with Gasteiger partial charge in [-0.25, -0.2) is 0 Å². The Morgan fingerprint density at radius 2 is 1.06 bits per heavy atom. The van der Waals surface area contributed by atoms with Crippen molar-refractivity contribution in [3.8, 4) is 0 Å². The number of hydrogen-bond acceptors (Lipinski definition) is 1. The summed E-state index contributed by atoms with van der Waals surface area (Å²) >= 11 is 0. The zero-order valence-corrected chi connectivity index (χ0v) is 6.67. The largest absolute Gasteiger partial charge is 0.506 e. The summed E-state index contributed by atoms with van der Waals surface area (Å²) in [5, 5.41) is 0. The Labute approximate surface area is 80.1 Å². The molecule has 0 saturated carbocycles. The maximum absolute atomic E-state index is 12.1. The van der Waals surface area contributed by atoms with Gasteiger partial charge in [-0.15, -0.1) is 44.5 Å². The molecule has 0 saturated heterocycles. The van der Waals surface area contributed by atoms with E-state index in [-0.39, 0.29) is 0 Å². The van der Waals surface area contributed by atoms with Crippen LogP contribution in [0.2, 0.25) is 0 Å². The third-order valence-corrected chi connectivity index (χ3v) is 0.911. The Bertz CT molecular complexity index is 254. The van der Waals surface area contributed by atoms with Gasteiger partial charge >= 0.3 is 25.0 Å². The summed E-state index contributed by atoms with van der Waals surface area (Å²) in [6.45, 7) is 0. The molecule has 0 aromatic carbocycles. The summed E-state index contributed by atoms with van der Waals surface area (Å²) in [7, 11) is 0. The topological polar surface area (TPSA) is 15.6 Å². The van der Waals surface area contributed by atoms with Gasteiger partial charge in [-0.2, -0.15) is 9.29 Å². The van der Waals surface area contributed by atoms with Crippen molar-refractivity contribution < 1.29 is 43.9 Å². The van der Waals surface area contributed by atoms with Crippen LogP contribution in [0.3, 0.4) is 0 Å². The highest BCUT2D eigenvalue weighted by Gasteiger charge is 2.57. The number of rotatable bonds is 0. The van der Waals surface area contributed by atoms with Gasteiger partial charge in [-0.1, -0.05) is 0 Å². The van der Waals surface area contributed by atoms with Crippen LogP contribution in [0.15, 0.2) is 4.99 Å². The van der Waals surface area contributed by atoms with Crippen molar-refractivity contribution in [2.24, 2.45) is 4.99 Å². The Morgan fingerprint density at radius 3 is 1.25 bits per heavy atom. The quantitative estimate of drug-likeness (QED) is 0.284. The van der Waals surface area contributed by atoms with E-state index in [4.69, 9.17) is 0 Å². The lowest BCUT2D eigenvalue weighted by atomic mass is 10.7. The normalized spacial score (nSPS) is 15.2. The maximum atomic E-state index is 12.1. The summed E-state index contributed by atoms with van der Waals surface area (Å²) in [6.07, 6.45) is -22.5. The predicted molar refractivity (Wildman–Crippen MR) is 28.5 cm³/mol. The summed E-state index contributed by atoms with van der Waals surface area (Å²) in [4.78, 5) is -2.31. The van der Waals surface area contributed by atoms with Crippen LogP contribution in [0.5, 0.6) is 0 Å². The van der Waals surface area contributed by atoms with E-state index in [1.807, 2.05) is 0 Å². The first-order valence-corrected chi connectivity index (χ1v) is 3.01. The Kier molecular flexibility index (Phi) is 3.67. The number of aliphatic imine (C=N–C) groups is 1. The fourth-order valence-electron chi connectivity index (χ4n) is 0.508. The molecule has 0 atom stereocenters. The first kappa shape index (κ1) is 14.8. The highest BCUT2D eigenvalue weighted by Crippen LogP contribution is 2.35. The van der Waals surface area contributed by atoms with Crippen LogP contribution >= 0.6 is 0 Å². The van der Waals surface area contributed by atoms with Crippen LogP contribution < -0.4 is 0 Å². The fraction of sp³-hybridized carbons (Fsp3) is 0.750. The SMILES string of the molecule is F/C(=N/C(F)(F)F)N(C(F)(F)F)C(F)(F)F. The van der Waals surface area contributed by atoms with Gasteiger partial charge in [0.05, 0.1) is 0 Å². The monoisotopic (exact) mass is 266 g/mol. The van der Waals surface area contributed by atoms with E-state index in [9.17, 15) is 43.9 Å². The second-order valence-electron chi connectivity index (χ2n) is 2.12. The van der Waals surface area contributed by atoms with E-state index in [0.29, 0.717) is 4.99 Å². The maximum Gasteiger partial charge on any atom is 0.506 e. The molecule has 0 aliphatic rings. The molecule has 0 aromatic rings. The summed E-state index contributed by atoms with van der Waals surface area (Å²) in [6, 6.07) is 0. The van der Waals surface area contributed by atoms with Crippen molar-refractivity contribution in [3.63, 3.8) is 0 Å². The second kappa shape index (κ2) is 3.97. The zero-order chi connectivity index (χ0) is 13.4. The molecule has 0 bridgehead atoms. The van der Waals surface area contributed by atoms with Gasteiger partial charge in [0.1, 0.15) is 0 Å². The summed E-state index contributed by atoms with van der Waals surface area (Å²) in [5.41, 5.74) is 0. The Hall–Kier alpha value is -1.23. The van der Waals surface area contributed by atoms with E-state index in [0.717, 1.165) is 0 Å². The van der Waals surface area contributed by atoms with Crippen LogP contribution in [0.1, 0.15) is 0 Å². The zero-order valence-electron chi connectivity index (χ0n) is 6.67. The molecule has 0 radical (unpaired) electrons. The number of amidine groups is 1. The lowest BCUT2D eigenvalue weighted by Crippen LogP contribution is -2.50. The van der Waals surface area contributed by atoms with Gasteiger partial charge in [-0.05, 0) is 0 Å². The van der Waals surface area contributed by atoms with Crippen LogP contribution in [-0.2, 0) is 0 Å². The smallest absolute Gasteiger partial charge is 0.164 e. The van der Waals surface area contributed by atoms with Gasteiger partial charge in [0.25, 0.3) is 0 Å². The number of hydrogen-bond donors (Lipinski definition) is 0. The summed E-state index contributed by atoms with van der Waals surface area (Å²) in [5.74, 6) is 0. The van der Waals surface area contributed by atoms with Crippen LogP contribution in [0.4, 0.5) is 43.9 Å². The standard InChI is InChI=1S/C4F10N2/c5-1(15-2(6,7)8)16(3(9,10)11)4(12,13)14/b15-1-. The van der Waals surface area contributed by atoms with Gasteiger partial charge in [-0.3, -0.25) is 0 Å². The van der Waals surface area contributed by atoms with E-state index < -0.39 is 29.9 Å². The molecule has 0 unspecified atom stereocenters. The highest BCUT2D eigenvalue weighted by molar-refractivity contribution is 5.73. The third kappa shape index (κ3) is 4.53. The molecule has 0 aliphatic heterocycles. The Morgan fingerprint density at radius 1 is 0.750 bits per heavy atom. The molecule has 0 aromatic heterocycles. The molecule has 0 fully saturated rings. The second-order valence-corrected chi connectivity index (χ2v) is 2.12. The average Bonchev–Trinajstić information content (AvgIpc) is 1.70. The molecule has 0 heterocycles. The molecule has 2 nitrogen and oxygen atoms in total. The van der Waals surface area contributed by atoms with Crippen molar-refractivity contribution in [3.05, 3.63) is 0 Å². The van der Waals surface area contributed by atoms with Crippen molar-refractivity contribution in [2.75, 3.05) is 0 Å². The number of alkyl halides is 9. The van der Waals surface area contributed by atoms with Crippen LogP contribution in [0, 0.1) is 0 Å². The minimum Gasteiger partial charge on any atom is -0.164 e. The predicted octanol–water partition coefficient (Wildman–Crippen LogP) is 3.17. The molecule has 16 heavy (non-hydrogen) atoms. The molecular formula is C4F10N2. The molecule has 0 N–H and O–H groups in total. The third-order valence-electron chi connectivity index (χ3n) is 0.911. The van der Waals surface area contributed by atoms with Crippen LogP contribution in [-0.4, -0.2) is 29.9 Å². The van der Waals surface area contributed by atoms with Crippen molar-refractivity contribution in [1.29, 1.82) is 0 Å². The highest BCUT2D eigenvalue weighted by atomic mass is 19.4. The number of halogens is 10. The summed E-state index contributed by atoms with van der Waals surface area (Å²) < 4.78 is 115. The number of nitrogens with zero attached hydrogens (tertiary/aromatic N) is 2. The first-order valence-electron chi connectivity index (χ1n) is 3.01. The molecule has 0 spiro atoms. The van der Waals surface area contributed by atoms with Crippen molar-refractivity contribution in [1.82, 2.24) is 4.90 Å². The molecule has 96 valence electrons. The Balaban J connectivity index is 5.33. The molecule has 12 heteroatoms. The minimum atomic E-state index is -6.41. The fourth-order valence-corrected chi connectivity index (χ4v) is 0.508. The molecule has 0 aliphatic carbocycles. The van der Waals surface area contributed by atoms with Crippen molar-refractivity contribution >= 4 is 6.09 Å². The van der Waals surface area contributed by atoms with Gasteiger partial charge in [0.2, 0.25) is 0 Å². The molecular weight excluding hydrogens is 266 g/mol. The van der Waals surface area contributed by atoms with Crippen LogP contribution in [0.25, 0.3) is 0 Å².